The van der Waals surface area contributed by atoms with Crippen LogP contribution in [-0.4, -0.2) is 23.0 Å². The molecule has 0 aliphatic carbocycles. The van der Waals surface area contributed by atoms with Crippen LogP contribution in [0.5, 0.6) is 0 Å². The van der Waals surface area contributed by atoms with Crippen molar-refractivity contribution in [3.05, 3.63) is 46.2 Å². The second kappa shape index (κ2) is 7.18. The van der Waals surface area contributed by atoms with Crippen LogP contribution < -0.4 is 0 Å². The van der Waals surface area contributed by atoms with Crippen LogP contribution in [0.4, 0.5) is 0 Å². The molecule has 5 heteroatoms. The monoisotopic (exact) mass is 336 g/mol. The summed E-state index contributed by atoms with van der Waals surface area (Å²) in [6.07, 6.45) is 0.192. The van der Waals surface area contributed by atoms with Gasteiger partial charge in [-0.15, -0.1) is 0 Å². The Morgan fingerprint density at radius 2 is 1.83 bits per heavy atom. The molecule has 1 aliphatic rings. The third-order valence-electron chi connectivity index (χ3n) is 3.86. The fraction of sp³-hybridized carbons (Fsp3) is 0.444. The number of allylic oxidation sites excluding steroid dienone is 1. The Labute approximate surface area is 141 Å². The second-order valence-electron chi connectivity index (χ2n) is 6.38. The number of cyclic esters (lactones) is 1. The Morgan fingerprint density at radius 1 is 1.22 bits per heavy atom. The van der Waals surface area contributed by atoms with E-state index in [0.717, 1.165) is 5.56 Å². The van der Waals surface area contributed by atoms with Gasteiger partial charge in [0.25, 0.3) is 0 Å². The lowest BCUT2D eigenvalue weighted by atomic mass is 9.93. The molecular formula is C18H21ClO4. The van der Waals surface area contributed by atoms with Gasteiger partial charge in [-0.1, -0.05) is 44.5 Å². The SMILES string of the molecule is CC(C)CC1OC(=O)C(=C(O)C(C)Cc2ccc(Cl)cc2)C1=O. The minimum Gasteiger partial charge on any atom is -0.511 e. The number of rotatable bonds is 5. The van der Waals surface area contributed by atoms with Crippen molar-refractivity contribution in [3.8, 4) is 0 Å². The maximum atomic E-state index is 12.3. The van der Waals surface area contributed by atoms with Gasteiger partial charge in [0.15, 0.2) is 6.10 Å². The van der Waals surface area contributed by atoms with Crippen LogP contribution in [0.15, 0.2) is 35.6 Å². The van der Waals surface area contributed by atoms with Crippen LogP contribution in [0.3, 0.4) is 0 Å². The van der Waals surface area contributed by atoms with E-state index in [2.05, 4.69) is 0 Å². The molecule has 0 spiro atoms. The minimum atomic E-state index is -0.776. The molecule has 0 aromatic heterocycles. The van der Waals surface area contributed by atoms with Crippen LogP contribution in [0.2, 0.25) is 5.02 Å². The van der Waals surface area contributed by atoms with Gasteiger partial charge in [-0.2, -0.15) is 0 Å². The zero-order valence-electron chi connectivity index (χ0n) is 13.5. The molecule has 0 saturated carbocycles. The molecule has 1 aromatic rings. The third-order valence-corrected chi connectivity index (χ3v) is 4.11. The largest absolute Gasteiger partial charge is 0.511 e. The average Bonchev–Trinajstić information content (AvgIpc) is 2.74. The number of aliphatic hydroxyl groups excluding tert-OH is 1. The predicted octanol–water partition coefficient (Wildman–Crippen LogP) is 3.87. The summed E-state index contributed by atoms with van der Waals surface area (Å²) >= 11 is 5.85. The van der Waals surface area contributed by atoms with Gasteiger partial charge in [0, 0.05) is 10.9 Å². The number of esters is 1. The van der Waals surface area contributed by atoms with Crippen molar-refractivity contribution in [2.75, 3.05) is 0 Å². The van der Waals surface area contributed by atoms with E-state index in [4.69, 9.17) is 16.3 Å². The van der Waals surface area contributed by atoms with Gasteiger partial charge in [-0.05, 0) is 36.5 Å². The van der Waals surface area contributed by atoms with Crippen LogP contribution >= 0.6 is 11.6 Å². The zero-order valence-corrected chi connectivity index (χ0v) is 14.3. The number of aliphatic hydroxyl groups is 1. The van der Waals surface area contributed by atoms with Gasteiger partial charge in [-0.3, -0.25) is 4.79 Å². The molecule has 23 heavy (non-hydrogen) atoms. The molecule has 2 rings (SSSR count). The van der Waals surface area contributed by atoms with Crippen molar-refractivity contribution in [1.29, 1.82) is 0 Å². The van der Waals surface area contributed by atoms with E-state index >= 15 is 0 Å². The van der Waals surface area contributed by atoms with E-state index in [0.29, 0.717) is 17.9 Å². The van der Waals surface area contributed by atoms with Gasteiger partial charge in [0.05, 0.1) is 0 Å². The van der Waals surface area contributed by atoms with Crippen molar-refractivity contribution < 1.29 is 19.4 Å². The Morgan fingerprint density at radius 3 is 2.39 bits per heavy atom. The van der Waals surface area contributed by atoms with E-state index in [1.807, 2.05) is 26.0 Å². The molecule has 1 N–H and O–H groups in total. The van der Waals surface area contributed by atoms with Gasteiger partial charge < -0.3 is 9.84 Å². The standard InChI is InChI=1S/C18H21ClO4/c1-10(2)8-14-17(21)15(18(22)23-14)16(20)11(3)9-12-4-6-13(19)7-5-12/h4-7,10-11,14,20H,8-9H2,1-3H3. The maximum Gasteiger partial charge on any atom is 0.346 e. The van der Waals surface area contributed by atoms with Gasteiger partial charge in [0.1, 0.15) is 11.3 Å². The smallest absolute Gasteiger partial charge is 0.346 e. The van der Waals surface area contributed by atoms with Gasteiger partial charge in [-0.25, -0.2) is 4.79 Å². The number of carbonyl (C=O) groups excluding carboxylic acids is 2. The number of Topliss-reactive ketones (excluding diaryl/α,β-unsaturated/α-hetero) is 1. The molecule has 0 bridgehead atoms. The molecule has 1 fully saturated rings. The topological polar surface area (TPSA) is 63.6 Å². The quantitative estimate of drug-likeness (QED) is 0.383. The Balaban J connectivity index is 2.17. The minimum absolute atomic E-state index is 0.193. The summed E-state index contributed by atoms with van der Waals surface area (Å²) in [5.41, 5.74) is 0.767. The molecular weight excluding hydrogens is 316 g/mol. The number of carbonyl (C=O) groups is 2. The van der Waals surface area contributed by atoms with Gasteiger partial charge in [0.2, 0.25) is 5.78 Å². The fourth-order valence-electron chi connectivity index (χ4n) is 2.63. The molecule has 2 atom stereocenters. The second-order valence-corrected chi connectivity index (χ2v) is 6.82. The highest BCUT2D eigenvalue weighted by Crippen LogP contribution is 2.28. The highest BCUT2D eigenvalue weighted by Gasteiger charge is 2.41. The number of ether oxygens (including phenoxy) is 1. The van der Waals surface area contributed by atoms with Crippen LogP contribution in [-0.2, 0) is 20.7 Å². The molecule has 124 valence electrons. The number of benzene rings is 1. The molecule has 0 amide bonds. The van der Waals surface area contributed by atoms with E-state index in [1.165, 1.54) is 0 Å². The van der Waals surface area contributed by atoms with Crippen molar-refractivity contribution in [1.82, 2.24) is 0 Å². The van der Waals surface area contributed by atoms with Crippen molar-refractivity contribution in [3.63, 3.8) is 0 Å². The summed E-state index contributed by atoms with van der Waals surface area (Å²) in [7, 11) is 0. The number of hydrogen-bond donors (Lipinski definition) is 1. The summed E-state index contributed by atoms with van der Waals surface area (Å²) in [6, 6.07) is 7.24. The first-order valence-electron chi connectivity index (χ1n) is 7.72. The normalized spacial score (nSPS) is 21.5. The predicted molar refractivity (Wildman–Crippen MR) is 88.3 cm³/mol. The summed E-state index contributed by atoms with van der Waals surface area (Å²) in [6.45, 7) is 5.67. The van der Waals surface area contributed by atoms with Gasteiger partial charge >= 0.3 is 5.97 Å². The molecule has 0 radical (unpaired) electrons. The van der Waals surface area contributed by atoms with Crippen LogP contribution in [0.1, 0.15) is 32.8 Å². The Hall–Kier alpha value is -1.81. The lowest BCUT2D eigenvalue weighted by Gasteiger charge is -2.12. The lowest BCUT2D eigenvalue weighted by molar-refractivity contribution is -0.141. The molecule has 1 saturated heterocycles. The maximum absolute atomic E-state index is 12.3. The summed E-state index contributed by atoms with van der Waals surface area (Å²) < 4.78 is 5.11. The first kappa shape index (κ1) is 17.5. The van der Waals surface area contributed by atoms with E-state index in [9.17, 15) is 14.7 Å². The van der Waals surface area contributed by atoms with E-state index < -0.39 is 17.9 Å². The molecule has 1 heterocycles. The average molecular weight is 337 g/mol. The lowest BCUT2D eigenvalue weighted by Crippen LogP contribution is -2.19. The summed E-state index contributed by atoms with van der Waals surface area (Å²) in [5.74, 6) is -1.46. The number of ketones is 1. The molecule has 4 nitrogen and oxygen atoms in total. The van der Waals surface area contributed by atoms with Crippen LogP contribution in [0.25, 0.3) is 0 Å². The Kier molecular flexibility index (Phi) is 5.47. The zero-order chi connectivity index (χ0) is 17.1. The Bertz CT molecular complexity index is 631. The first-order valence-corrected chi connectivity index (χ1v) is 8.10. The van der Waals surface area contributed by atoms with E-state index in [1.54, 1.807) is 19.1 Å². The van der Waals surface area contributed by atoms with Crippen LogP contribution in [0, 0.1) is 11.8 Å². The van der Waals surface area contributed by atoms with E-state index in [-0.39, 0.29) is 23.2 Å². The number of halogens is 1. The molecule has 1 aliphatic heterocycles. The highest BCUT2D eigenvalue weighted by atomic mass is 35.5. The summed E-state index contributed by atoms with van der Waals surface area (Å²) in [5, 5.41) is 11.0. The number of hydrogen-bond acceptors (Lipinski definition) is 4. The van der Waals surface area contributed by atoms with Crippen molar-refractivity contribution in [2.45, 2.75) is 39.7 Å². The third kappa shape index (κ3) is 4.14. The molecule has 2 unspecified atom stereocenters. The highest BCUT2D eigenvalue weighted by molar-refractivity contribution is 6.30. The van der Waals surface area contributed by atoms with Crippen molar-refractivity contribution in [2.24, 2.45) is 11.8 Å². The molecule has 1 aromatic carbocycles. The summed E-state index contributed by atoms with van der Waals surface area (Å²) in [4.78, 5) is 24.3. The van der Waals surface area contributed by atoms with Crippen molar-refractivity contribution >= 4 is 23.4 Å². The first-order chi connectivity index (χ1) is 10.8. The fourth-order valence-corrected chi connectivity index (χ4v) is 2.76.